The van der Waals surface area contributed by atoms with Crippen LogP contribution in [0.15, 0.2) is 16.7 Å². The summed E-state index contributed by atoms with van der Waals surface area (Å²) in [6.07, 6.45) is 0. The molecule has 0 saturated carbocycles. The normalized spacial score (nSPS) is 10.8. The predicted octanol–water partition coefficient (Wildman–Crippen LogP) is 2.15. The molecule has 2 aromatic rings. The highest BCUT2D eigenvalue weighted by atomic mass is 16.5. The van der Waals surface area contributed by atoms with Crippen molar-refractivity contribution < 1.29 is 9.63 Å². The van der Waals surface area contributed by atoms with Gasteiger partial charge in [-0.1, -0.05) is 22.9 Å². The molecule has 2 rings (SSSR count). The fourth-order valence-electron chi connectivity index (χ4n) is 1.94. The first kappa shape index (κ1) is 10.8. The SMILES string of the molecule is Cc1cc(C)c(-c2nc(CO)no2)c(C)c1. The molecule has 1 heterocycles. The van der Waals surface area contributed by atoms with Gasteiger partial charge in [-0.15, -0.1) is 0 Å². The van der Waals surface area contributed by atoms with Crippen LogP contribution in [0.25, 0.3) is 11.5 Å². The molecule has 0 spiro atoms. The average Bonchev–Trinajstić information content (AvgIpc) is 2.64. The quantitative estimate of drug-likeness (QED) is 0.839. The van der Waals surface area contributed by atoms with Gasteiger partial charge in [-0.25, -0.2) is 0 Å². The highest BCUT2D eigenvalue weighted by molar-refractivity contribution is 5.63. The molecule has 0 amide bonds. The number of rotatable bonds is 2. The first-order valence-corrected chi connectivity index (χ1v) is 5.13. The van der Waals surface area contributed by atoms with Crippen molar-refractivity contribution in [3.8, 4) is 11.5 Å². The van der Waals surface area contributed by atoms with Crippen LogP contribution in [0.3, 0.4) is 0 Å². The average molecular weight is 218 g/mol. The Balaban J connectivity index is 2.55. The Hall–Kier alpha value is -1.68. The van der Waals surface area contributed by atoms with Crippen molar-refractivity contribution in [1.29, 1.82) is 0 Å². The molecule has 0 aliphatic rings. The fraction of sp³-hybridized carbons (Fsp3) is 0.333. The minimum atomic E-state index is -0.201. The molecule has 4 heteroatoms. The van der Waals surface area contributed by atoms with Crippen LogP contribution >= 0.6 is 0 Å². The lowest BCUT2D eigenvalue weighted by atomic mass is 10.00. The van der Waals surface area contributed by atoms with Gasteiger partial charge in [0.2, 0.25) is 0 Å². The Morgan fingerprint density at radius 1 is 1.19 bits per heavy atom. The second kappa shape index (κ2) is 4.06. The maximum absolute atomic E-state index is 8.90. The largest absolute Gasteiger partial charge is 0.388 e. The van der Waals surface area contributed by atoms with Crippen molar-refractivity contribution in [2.24, 2.45) is 0 Å². The Labute approximate surface area is 93.9 Å². The van der Waals surface area contributed by atoms with Gasteiger partial charge in [0.25, 0.3) is 5.89 Å². The van der Waals surface area contributed by atoms with E-state index >= 15 is 0 Å². The summed E-state index contributed by atoms with van der Waals surface area (Å²) in [5.74, 6) is 0.786. The molecule has 1 N–H and O–H groups in total. The van der Waals surface area contributed by atoms with E-state index in [9.17, 15) is 0 Å². The summed E-state index contributed by atoms with van der Waals surface area (Å²) >= 11 is 0. The van der Waals surface area contributed by atoms with Crippen LogP contribution in [0.2, 0.25) is 0 Å². The number of aromatic nitrogens is 2. The first-order valence-electron chi connectivity index (χ1n) is 5.13. The smallest absolute Gasteiger partial charge is 0.258 e. The number of benzene rings is 1. The predicted molar refractivity (Wildman–Crippen MR) is 59.9 cm³/mol. The number of nitrogens with zero attached hydrogens (tertiary/aromatic N) is 2. The first-order chi connectivity index (χ1) is 7.61. The van der Waals surface area contributed by atoms with E-state index < -0.39 is 0 Å². The van der Waals surface area contributed by atoms with Crippen LogP contribution < -0.4 is 0 Å². The van der Waals surface area contributed by atoms with Gasteiger partial charge in [0.1, 0.15) is 6.61 Å². The summed E-state index contributed by atoms with van der Waals surface area (Å²) in [5, 5.41) is 12.6. The lowest BCUT2D eigenvalue weighted by molar-refractivity contribution is 0.264. The Morgan fingerprint density at radius 2 is 1.81 bits per heavy atom. The van der Waals surface area contributed by atoms with Crippen LogP contribution in [0, 0.1) is 20.8 Å². The molecule has 0 aliphatic heterocycles. The van der Waals surface area contributed by atoms with Crippen LogP contribution in [0.1, 0.15) is 22.5 Å². The Bertz CT molecular complexity index is 494. The van der Waals surface area contributed by atoms with Gasteiger partial charge in [0, 0.05) is 5.56 Å². The summed E-state index contributed by atoms with van der Waals surface area (Å²) in [4.78, 5) is 4.12. The molecule has 0 fully saturated rings. The van der Waals surface area contributed by atoms with E-state index in [1.54, 1.807) is 0 Å². The van der Waals surface area contributed by atoms with Gasteiger partial charge in [-0.05, 0) is 31.9 Å². The lowest BCUT2D eigenvalue weighted by Gasteiger charge is -2.06. The third kappa shape index (κ3) is 1.84. The molecular formula is C12H14N2O2. The summed E-state index contributed by atoms with van der Waals surface area (Å²) in [6.45, 7) is 5.88. The lowest BCUT2D eigenvalue weighted by Crippen LogP contribution is -1.91. The van der Waals surface area contributed by atoms with Gasteiger partial charge in [-0.3, -0.25) is 0 Å². The van der Waals surface area contributed by atoms with Crippen molar-refractivity contribution >= 4 is 0 Å². The molecule has 0 unspecified atom stereocenters. The van der Waals surface area contributed by atoms with Crippen LogP contribution in [0.5, 0.6) is 0 Å². The third-order valence-electron chi connectivity index (χ3n) is 2.50. The van der Waals surface area contributed by atoms with E-state index in [0.717, 1.165) is 16.7 Å². The number of aryl methyl sites for hydroxylation is 3. The van der Waals surface area contributed by atoms with E-state index in [1.807, 2.05) is 13.8 Å². The molecule has 0 aliphatic carbocycles. The van der Waals surface area contributed by atoms with Crippen molar-refractivity contribution in [3.05, 3.63) is 34.6 Å². The standard InChI is InChI=1S/C12H14N2O2/c1-7-4-8(2)11(9(3)5-7)12-13-10(6-15)14-16-12/h4-5,15H,6H2,1-3H3. The molecule has 1 aromatic carbocycles. The second-order valence-electron chi connectivity index (χ2n) is 3.95. The number of hydrogen-bond acceptors (Lipinski definition) is 4. The third-order valence-corrected chi connectivity index (χ3v) is 2.50. The zero-order valence-corrected chi connectivity index (χ0v) is 9.61. The van der Waals surface area contributed by atoms with Crippen molar-refractivity contribution in [3.63, 3.8) is 0 Å². The summed E-state index contributed by atoms with van der Waals surface area (Å²) in [7, 11) is 0. The van der Waals surface area contributed by atoms with Gasteiger partial charge in [-0.2, -0.15) is 4.98 Å². The fourth-order valence-corrected chi connectivity index (χ4v) is 1.94. The second-order valence-corrected chi connectivity index (χ2v) is 3.95. The monoisotopic (exact) mass is 218 g/mol. The molecular weight excluding hydrogens is 204 g/mol. The van der Waals surface area contributed by atoms with Gasteiger partial charge in [0.05, 0.1) is 0 Å². The number of aliphatic hydroxyl groups is 1. The maximum atomic E-state index is 8.90. The van der Waals surface area contributed by atoms with E-state index in [4.69, 9.17) is 9.63 Å². The Morgan fingerprint density at radius 3 is 2.31 bits per heavy atom. The van der Waals surface area contributed by atoms with E-state index in [2.05, 4.69) is 29.2 Å². The van der Waals surface area contributed by atoms with Gasteiger partial charge in [0.15, 0.2) is 5.82 Å². The van der Waals surface area contributed by atoms with Gasteiger partial charge < -0.3 is 9.63 Å². The molecule has 16 heavy (non-hydrogen) atoms. The van der Waals surface area contributed by atoms with Crippen molar-refractivity contribution in [1.82, 2.24) is 10.1 Å². The van der Waals surface area contributed by atoms with E-state index in [0.29, 0.717) is 11.7 Å². The minimum Gasteiger partial charge on any atom is -0.388 e. The van der Waals surface area contributed by atoms with E-state index in [1.165, 1.54) is 5.56 Å². The molecule has 84 valence electrons. The van der Waals surface area contributed by atoms with Crippen LogP contribution in [0.4, 0.5) is 0 Å². The minimum absolute atomic E-state index is 0.201. The zero-order valence-electron chi connectivity index (χ0n) is 9.61. The van der Waals surface area contributed by atoms with Gasteiger partial charge >= 0.3 is 0 Å². The van der Waals surface area contributed by atoms with Crippen molar-refractivity contribution in [2.45, 2.75) is 27.4 Å². The molecule has 0 atom stereocenters. The number of hydrogen-bond donors (Lipinski definition) is 1. The summed E-state index contributed by atoms with van der Waals surface area (Å²) < 4.78 is 5.12. The van der Waals surface area contributed by atoms with Crippen molar-refractivity contribution in [2.75, 3.05) is 0 Å². The molecule has 0 bridgehead atoms. The topological polar surface area (TPSA) is 59.2 Å². The molecule has 4 nitrogen and oxygen atoms in total. The highest BCUT2D eigenvalue weighted by Crippen LogP contribution is 2.26. The maximum Gasteiger partial charge on any atom is 0.258 e. The zero-order chi connectivity index (χ0) is 11.7. The number of aliphatic hydroxyl groups excluding tert-OH is 1. The molecule has 1 aromatic heterocycles. The summed E-state index contributed by atoms with van der Waals surface area (Å²) in [5.41, 5.74) is 4.37. The van der Waals surface area contributed by atoms with Crippen LogP contribution in [-0.4, -0.2) is 15.2 Å². The highest BCUT2D eigenvalue weighted by Gasteiger charge is 2.13. The van der Waals surface area contributed by atoms with Crippen LogP contribution in [-0.2, 0) is 6.61 Å². The molecule has 0 saturated heterocycles. The van der Waals surface area contributed by atoms with E-state index in [-0.39, 0.29) is 6.61 Å². The summed E-state index contributed by atoms with van der Waals surface area (Å²) in [6, 6.07) is 4.15. The molecule has 0 radical (unpaired) electrons. The Kier molecular flexibility index (Phi) is 2.75.